The lowest BCUT2D eigenvalue weighted by Gasteiger charge is -2.15. The van der Waals surface area contributed by atoms with Gasteiger partial charge in [-0.15, -0.1) is 0 Å². The van der Waals surface area contributed by atoms with Crippen LogP contribution in [0.2, 0.25) is 5.15 Å². The maximum absolute atomic E-state index is 11.7. The fourth-order valence-corrected chi connectivity index (χ4v) is 1.60. The molecule has 1 aromatic heterocycles. The number of amides is 2. The normalized spacial score (nSPS) is 9.95. The number of carbonyl (C=O) groups excluding carboxylic acids is 1. The second kappa shape index (κ2) is 6.25. The summed E-state index contributed by atoms with van der Waals surface area (Å²) in [5.41, 5.74) is 0.563. The van der Waals surface area contributed by atoms with Crippen LogP contribution in [-0.2, 0) is 0 Å². The van der Waals surface area contributed by atoms with Gasteiger partial charge in [0.05, 0.1) is 5.69 Å². The van der Waals surface area contributed by atoms with Crippen LogP contribution >= 0.6 is 11.6 Å². The van der Waals surface area contributed by atoms with Crippen molar-refractivity contribution in [2.45, 2.75) is 0 Å². The number of halogens is 1. The van der Waals surface area contributed by atoms with E-state index in [4.69, 9.17) is 16.3 Å². The molecule has 5 nitrogen and oxygen atoms in total. The van der Waals surface area contributed by atoms with Crippen molar-refractivity contribution in [1.82, 2.24) is 9.88 Å². The standard InChI is InChI=1S/C14H14ClN3O2/c1-18(2)14(19)16-10-6-3-4-7-11(10)20-13-9-5-8-12(15)17-13/h3-9H,1-2H3,(H,16,19). The number of rotatable bonds is 3. The van der Waals surface area contributed by atoms with E-state index in [1.807, 2.05) is 12.1 Å². The maximum atomic E-state index is 11.7. The predicted molar refractivity (Wildman–Crippen MR) is 78.5 cm³/mol. The first kappa shape index (κ1) is 14.1. The van der Waals surface area contributed by atoms with Gasteiger partial charge >= 0.3 is 6.03 Å². The number of nitrogens with one attached hydrogen (secondary N) is 1. The predicted octanol–water partition coefficient (Wildman–Crippen LogP) is 3.62. The quantitative estimate of drug-likeness (QED) is 0.879. The molecule has 104 valence electrons. The molecular weight excluding hydrogens is 278 g/mol. The van der Waals surface area contributed by atoms with Gasteiger partial charge in [0.2, 0.25) is 5.88 Å². The molecule has 0 radical (unpaired) electrons. The highest BCUT2D eigenvalue weighted by molar-refractivity contribution is 6.29. The van der Waals surface area contributed by atoms with Crippen LogP contribution in [0, 0.1) is 0 Å². The molecule has 1 heterocycles. The average Bonchev–Trinajstić information content (AvgIpc) is 2.41. The second-order valence-electron chi connectivity index (χ2n) is 4.22. The molecular formula is C14H14ClN3O2. The largest absolute Gasteiger partial charge is 0.437 e. The Morgan fingerprint density at radius 1 is 1.20 bits per heavy atom. The minimum absolute atomic E-state index is 0.236. The molecule has 0 saturated carbocycles. The number of nitrogens with zero attached hydrogens (tertiary/aromatic N) is 2. The van der Waals surface area contributed by atoms with E-state index in [2.05, 4.69) is 10.3 Å². The summed E-state index contributed by atoms with van der Waals surface area (Å²) in [7, 11) is 3.33. The third-order valence-corrected chi connectivity index (χ3v) is 2.65. The molecule has 2 rings (SSSR count). The number of aromatic nitrogens is 1. The van der Waals surface area contributed by atoms with E-state index in [1.54, 1.807) is 44.4 Å². The molecule has 0 bridgehead atoms. The van der Waals surface area contributed by atoms with E-state index >= 15 is 0 Å². The van der Waals surface area contributed by atoms with Crippen LogP contribution in [0.15, 0.2) is 42.5 Å². The summed E-state index contributed by atoms with van der Waals surface area (Å²) in [5, 5.41) is 3.09. The Morgan fingerprint density at radius 3 is 2.65 bits per heavy atom. The van der Waals surface area contributed by atoms with Gasteiger partial charge in [-0.25, -0.2) is 9.78 Å². The molecule has 0 unspecified atom stereocenters. The Bertz CT molecular complexity index is 617. The molecule has 0 saturated heterocycles. The third kappa shape index (κ3) is 3.61. The number of benzene rings is 1. The smallest absolute Gasteiger partial charge is 0.321 e. The molecule has 0 atom stereocenters. The Morgan fingerprint density at radius 2 is 1.95 bits per heavy atom. The highest BCUT2D eigenvalue weighted by Gasteiger charge is 2.10. The summed E-state index contributed by atoms with van der Waals surface area (Å²) in [6.45, 7) is 0. The fourth-order valence-electron chi connectivity index (χ4n) is 1.45. The molecule has 20 heavy (non-hydrogen) atoms. The van der Waals surface area contributed by atoms with Crippen molar-refractivity contribution >= 4 is 23.3 Å². The molecule has 6 heteroatoms. The Balaban J connectivity index is 2.22. The van der Waals surface area contributed by atoms with Gasteiger partial charge in [0, 0.05) is 20.2 Å². The highest BCUT2D eigenvalue weighted by atomic mass is 35.5. The van der Waals surface area contributed by atoms with Gasteiger partial charge in [0.25, 0.3) is 0 Å². The maximum Gasteiger partial charge on any atom is 0.321 e. The van der Waals surface area contributed by atoms with Crippen LogP contribution in [0.4, 0.5) is 10.5 Å². The molecule has 2 amide bonds. The molecule has 0 aliphatic heterocycles. The molecule has 2 aromatic rings. The number of pyridine rings is 1. The zero-order valence-corrected chi connectivity index (χ0v) is 11.9. The number of hydrogen-bond acceptors (Lipinski definition) is 3. The van der Waals surface area contributed by atoms with Crippen molar-refractivity contribution in [3.63, 3.8) is 0 Å². The summed E-state index contributed by atoms with van der Waals surface area (Å²) in [6.07, 6.45) is 0. The van der Waals surface area contributed by atoms with E-state index in [0.29, 0.717) is 22.5 Å². The first-order valence-electron chi connectivity index (χ1n) is 5.94. The van der Waals surface area contributed by atoms with Gasteiger partial charge in [0.1, 0.15) is 5.15 Å². The Hall–Kier alpha value is -2.27. The number of para-hydroxylation sites is 2. The number of hydrogen-bond donors (Lipinski definition) is 1. The van der Waals surface area contributed by atoms with Crippen LogP contribution < -0.4 is 10.1 Å². The average molecular weight is 292 g/mol. The summed E-state index contributed by atoms with van der Waals surface area (Å²) in [6, 6.07) is 12.0. The summed E-state index contributed by atoms with van der Waals surface area (Å²) in [4.78, 5) is 17.2. The lowest BCUT2D eigenvalue weighted by Crippen LogP contribution is -2.27. The minimum atomic E-state index is -0.236. The monoisotopic (exact) mass is 291 g/mol. The van der Waals surface area contributed by atoms with E-state index in [0.717, 1.165) is 0 Å². The molecule has 0 spiro atoms. The van der Waals surface area contributed by atoms with Crippen LogP contribution in [0.1, 0.15) is 0 Å². The zero-order chi connectivity index (χ0) is 14.5. The van der Waals surface area contributed by atoms with Gasteiger partial charge in [-0.2, -0.15) is 0 Å². The van der Waals surface area contributed by atoms with Crippen molar-refractivity contribution in [3.8, 4) is 11.6 Å². The topological polar surface area (TPSA) is 54.5 Å². The van der Waals surface area contributed by atoms with Gasteiger partial charge < -0.3 is 15.0 Å². The molecule has 0 fully saturated rings. The van der Waals surface area contributed by atoms with Gasteiger partial charge in [0.15, 0.2) is 5.75 Å². The fraction of sp³-hybridized carbons (Fsp3) is 0.143. The second-order valence-corrected chi connectivity index (χ2v) is 4.61. The first-order chi connectivity index (χ1) is 9.56. The van der Waals surface area contributed by atoms with Crippen LogP contribution in [0.25, 0.3) is 0 Å². The lowest BCUT2D eigenvalue weighted by atomic mass is 10.3. The highest BCUT2D eigenvalue weighted by Crippen LogP contribution is 2.28. The first-order valence-corrected chi connectivity index (χ1v) is 6.32. The zero-order valence-electron chi connectivity index (χ0n) is 11.1. The third-order valence-electron chi connectivity index (χ3n) is 2.44. The lowest BCUT2D eigenvalue weighted by molar-refractivity contribution is 0.230. The van der Waals surface area contributed by atoms with Crippen LogP contribution in [-0.4, -0.2) is 30.0 Å². The van der Waals surface area contributed by atoms with Gasteiger partial charge in [-0.1, -0.05) is 29.8 Å². The SMILES string of the molecule is CN(C)C(=O)Nc1ccccc1Oc1cccc(Cl)n1. The van der Waals surface area contributed by atoms with E-state index in [9.17, 15) is 4.79 Å². The van der Waals surface area contributed by atoms with E-state index < -0.39 is 0 Å². The van der Waals surface area contributed by atoms with Crippen LogP contribution in [0.5, 0.6) is 11.6 Å². The van der Waals surface area contributed by atoms with Crippen molar-refractivity contribution in [2.24, 2.45) is 0 Å². The minimum Gasteiger partial charge on any atom is -0.437 e. The summed E-state index contributed by atoms with van der Waals surface area (Å²) >= 11 is 5.81. The van der Waals surface area contributed by atoms with Crippen molar-refractivity contribution in [1.29, 1.82) is 0 Å². The number of anilines is 1. The van der Waals surface area contributed by atoms with E-state index in [-0.39, 0.29) is 6.03 Å². The van der Waals surface area contributed by atoms with Gasteiger partial charge in [-0.3, -0.25) is 0 Å². The Kier molecular flexibility index (Phi) is 4.42. The molecule has 0 aliphatic rings. The molecule has 1 N–H and O–H groups in total. The van der Waals surface area contributed by atoms with Crippen molar-refractivity contribution in [2.75, 3.05) is 19.4 Å². The number of carbonyl (C=O) groups is 1. The van der Waals surface area contributed by atoms with E-state index in [1.165, 1.54) is 4.90 Å². The number of ether oxygens (including phenoxy) is 1. The number of urea groups is 1. The van der Waals surface area contributed by atoms with Gasteiger partial charge in [-0.05, 0) is 18.2 Å². The van der Waals surface area contributed by atoms with Crippen molar-refractivity contribution < 1.29 is 9.53 Å². The van der Waals surface area contributed by atoms with Crippen LogP contribution in [0.3, 0.4) is 0 Å². The molecule has 0 aliphatic carbocycles. The summed E-state index contributed by atoms with van der Waals surface area (Å²) < 4.78 is 5.64. The molecule has 1 aromatic carbocycles. The van der Waals surface area contributed by atoms with Crippen molar-refractivity contribution in [3.05, 3.63) is 47.6 Å². The summed E-state index contributed by atoms with van der Waals surface area (Å²) in [5.74, 6) is 0.863. The Labute approximate surface area is 122 Å².